The van der Waals surface area contributed by atoms with Crippen molar-refractivity contribution in [2.45, 2.75) is 63.8 Å². The minimum atomic E-state index is -0.498. The fourth-order valence-corrected chi connectivity index (χ4v) is 7.46. The van der Waals surface area contributed by atoms with E-state index in [1.54, 1.807) is 0 Å². The highest BCUT2D eigenvalue weighted by atomic mass is 35.5. The van der Waals surface area contributed by atoms with E-state index < -0.39 is 6.09 Å². The zero-order valence-electron chi connectivity index (χ0n) is 26.6. The molecule has 3 aliphatic rings. The number of rotatable bonds is 10. The summed E-state index contributed by atoms with van der Waals surface area (Å²) in [6, 6.07) is 13.7. The maximum absolute atomic E-state index is 14.3. The van der Waals surface area contributed by atoms with Crippen LogP contribution in [0, 0.1) is 12.8 Å². The Morgan fingerprint density at radius 1 is 1.04 bits per heavy atom. The molecule has 3 atom stereocenters. The van der Waals surface area contributed by atoms with Crippen molar-refractivity contribution in [2.24, 2.45) is 5.92 Å². The number of ether oxygens (including phenoxy) is 2. The van der Waals surface area contributed by atoms with Gasteiger partial charge >= 0.3 is 6.09 Å². The third-order valence-corrected chi connectivity index (χ3v) is 10.2. The van der Waals surface area contributed by atoms with E-state index in [9.17, 15) is 9.59 Å². The number of pyridine rings is 1. The molecule has 9 nitrogen and oxygen atoms in total. The summed E-state index contributed by atoms with van der Waals surface area (Å²) in [4.78, 5) is 34.9. The third kappa shape index (κ3) is 8.08. The topological polar surface area (TPSA) is 96.0 Å². The molecule has 0 spiro atoms. The first kappa shape index (κ1) is 33.7. The minimum absolute atomic E-state index is 0.0488. The number of piperidine rings is 1. The van der Waals surface area contributed by atoms with Crippen LogP contribution in [-0.4, -0.2) is 67.3 Å². The summed E-state index contributed by atoms with van der Waals surface area (Å²) in [5.41, 5.74) is 3.81. The van der Waals surface area contributed by atoms with Crippen molar-refractivity contribution in [3.8, 4) is 5.75 Å². The lowest BCUT2D eigenvalue weighted by atomic mass is 9.80. The average molecular weight is 701 g/mol. The first-order valence-electron chi connectivity index (χ1n) is 16.1. The Kier molecular flexibility index (Phi) is 10.7. The van der Waals surface area contributed by atoms with E-state index in [1.807, 2.05) is 48.4 Å². The minimum Gasteiger partial charge on any atom is -0.485 e. The van der Waals surface area contributed by atoms with Gasteiger partial charge in [-0.1, -0.05) is 53.0 Å². The molecule has 2 N–H and O–H groups in total. The molecule has 6 rings (SSSR count). The lowest BCUT2D eigenvalue weighted by Crippen LogP contribution is -2.47. The number of anilines is 1. The molecular formula is C35H40Cl3N5O4. The van der Waals surface area contributed by atoms with Gasteiger partial charge in [0.15, 0.2) is 5.75 Å². The highest BCUT2D eigenvalue weighted by Crippen LogP contribution is 2.38. The summed E-state index contributed by atoms with van der Waals surface area (Å²) in [5.74, 6) is 1.39. The van der Waals surface area contributed by atoms with Crippen LogP contribution in [0.5, 0.6) is 5.75 Å². The Bertz CT molecular complexity index is 1580. The quantitative estimate of drug-likeness (QED) is 0.242. The normalized spacial score (nSPS) is 21.0. The van der Waals surface area contributed by atoms with Gasteiger partial charge in [-0.15, -0.1) is 0 Å². The Morgan fingerprint density at radius 2 is 1.83 bits per heavy atom. The number of aryl methyl sites for hydroxylation is 1. The van der Waals surface area contributed by atoms with E-state index in [1.165, 1.54) is 7.11 Å². The Labute approximate surface area is 290 Å². The van der Waals surface area contributed by atoms with E-state index in [0.29, 0.717) is 47.0 Å². The fourth-order valence-electron chi connectivity index (χ4n) is 6.59. The second-order valence-electron chi connectivity index (χ2n) is 12.7. The fraction of sp³-hybridized carbons (Fsp3) is 0.457. The second-order valence-corrected chi connectivity index (χ2v) is 13.9. The van der Waals surface area contributed by atoms with Crippen LogP contribution in [0.15, 0.2) is 48.7 Å². The predicted octanol–water partition coefficient (Wildman–Crippen LogP) is 6.75. The van der Waals surface area contributed by atoms with Gasteiger partial charge in [-0.2, -0.15) is 0 Å². The number of carbonyl (C=O) groups is 2. The van der Waals surface area contributed by atoms with Crippen molar-refractivity contribution in [3.05, 3.63) is 86.0 Å². The Hall–Kier alpha value is -3.24. The number of aromatic nitrogens is 1. The van der Waals surface area contributed by atoms with Gasteiger partial charge < -0.3 is 29.9 Å². The van der Waals surface area contributed by atoms with Crippen molar-refractivity contribution in [3.63, 3.8) is 0 Å². The van der Waals surface area contributed by atoms with Crippen LogP contribution >= 0.6 is 34.8 Å². The monoisotopic (exact) mass is 699 g/mol. The molecule has 47 heavy (non-hydrogen) atoms. The van der Waals surface area contributed by atoms with Crippen LogP contribution in [0.3, 0.4) is 0 Å². The van der Waals surface area contributed by atoms with E-state index in [-0.39, 0.29) is 29.9 Å². The van der Waals surface area contributed by atoms with Crippen molar-refractivity contribution in [1.29, 1.82) is 0 Å². The summed E-state index contributed by atoms with van der Waals surface area (Å²) in [7, 11) is 1.33. The van der Waals surface area contributed by atoms with Gasteiger partial charge in [0.2, 0.25) is 5.91 Å². The van der Waals surface area contributed by atoms with Gasteiger partial charge in [0.1, 0.15) is 11.9 Å². The number of hydrogen-bond acceptors (Lipinski definition) is 7. The van der Waals surface area contributed by atoms with Gasteiger partial charge in [-0.05, 0) is 85.2 Å². The first-order chi connectivity index (χ1) is 22.7. The largest absolute Gasteiger partial charge is 0.485 e. The lowest BCUT2D eigenvalue weighted by Gasteiger charge is -2.36. The van der Waals surface area contributed by atoms with Crippen LogP contribution in [0.2, 0.25) is 15.1 Å². The summed E-state index contributed by atoms with van der Waals surface area (Å²) >= 11 is 19.5. The van der Waals surface area contributed by atoms with E-state index >= 15 is 0 Å². The molecule has 1 saturated carbocycles. The number of methoxy groups -OCH3 is 1. The number of alkyl carbamates (subject to hydrolysis) is 1. The van der Waals surface area contributed by atoms with Crippen molar-refractivity contribution < 1.29 is 19.1 Å². The number of halogens is 3. The molecule has 3 aromatic rings. The summed E-state index contributed by atoms with van der Waals surface area (Å²) in [6.07, 6.45) is 5.04. The smallest absolute Gasteiger partial charge is 0.407 e. The molecular weight excluding hydrogens is 661 g/mol. The highest BCUT2D eigenvalue weighted by Gasteiger charge is 2.40. The molecule has 2 aliphatic heterocycles. The molecule has 1 aliphatic carbocycles. The summed E-state index contributed by atoms with van der Waals surface area (Å²) in [6.45, 7) is 5.63. The molecule has 1 aromatic heterocycles. The molecule has 0 unspecified atom stereocenters. The van der Waals surface area contributed by atoms with Gasteiger partial charge in [0, 0.05) is 49.9 Å². The summed E-state index contributed by atoms with van der Waals surface area (Å²) < 4.78 is 10.9. The van der Waals surface area contributed by atoms with Crippen LogP contribution in [-0.2, 0) is 22.6 Å². The van der Waals surface area contributed by atoms with E-state index in [0.717, 1.165) is 66.8 Å². The van der Waals surface area contributed by atoms with Crippen molar-refractivity contribution >= 4 is 52.6 Å². The second kappa shape index (κ2) is 14.9. The van der Waals surface area contributed by atoms with Gasteiger partial charge in [-0.3, -0.25) is 4.79 Å². The van der Waals surface area contributed by atoms with Crippen LogP contribution < -0.4 is 20.3 Å². The number of carbonyl (C=O) groups excluding carboxylic acids is 2. The number of hydrogen-bond donors (Lipinski definition) is 2. The molecule has 12 heteroatoms. The molecule has 0 radical (unpaired) electrons. The van der Waals surface area contributed by atoms with Crippen LogP contribution in [0.1, 0.15) is 53.9 Å². The molecule has 3 fully saturated rings. The number of nitrogens with zero attached hydrogens (tertiary/aromatic N) is 3. The zero-order chi connectivity index (χ0) is 33.1. The van der Waals surface area contributed by atoms with Crippen molar-refractivity contribution in [1.82, 2.24) is 20.5 Å². The van der Waals surface area contributed by atoms with Gasteiger partial charge in [0.25, 0.3) is 0 Å². The molecule has 2 aromatic carbocycles. The average Bonchev–Trinajstić information content (AvgIpc) is 3.81. The third-order valence-electron chi connectivity index (χ3n) is 9.24. The SMILES string of the molecule is COC(=O)NCc1ccc(Cl)c(CN(C(=O)[C@H]2CNCC[C@@H]2c2ccc(N3CC[C@H](Oc4c(Cl)cc(C)cc4Cl)C3)nc2)C2CC2)c1. The van der Waals surface area contributed by atoms with E-state index in [2.05, 4.69) is 32.4 Å². The molecule has 2 amide bonds. The lowest BCUT2D eigenvalue weighted by molar-refractivity contribution is -0.138. The van der Waals surface area contributed by atoms with Crippen LogP contribution in [0.25, 0.3) is 0 Å². The first-order valence-corrected chi connectivity index (χ1v) is 17.3. The maximum atomic E-state index is 14.3. The Balaban J connectivity index is 1.12. The number of benzene rings is 2. The van der Waals surface area contributed by atoms with Crippen molar-refractivity contribution in [2.75, 3.05) is 38.2 Å². The molecule has 250 valence electrons. The van der Waals surface area contributed by atoms with Gasteiger partial charge in [-0.25, -0.2) is 9.78 Å². The zero-order valence-corrected chi connectivity index (χ0v) is 28.9. The molecule has 0 bridgehead atoms. The summed E-state index contributed by atoms with van der Waals surface area (Å²) in [5, 5.41) is 7.80. The van der Waals surface area contributed by atoms with Crippen LogP contribution in [0.4, 0.5) is 10.6 Å². The maximum Gasteiger partial charge on any atom is 0.407 e. The van der Waals surface area contributed by atoms with E-state index in [4.69, 9.17) is 44.5 Å². The highest BCUT2D eigenvalue weighted by molar-refractivity contribution is 6.37. The Morgan fingerprint density at radius 3 is 2.53 bits per heavy atom. The van der Waals surface area contributed by atoms with Gasteiger partial charge in [0.05, 0.1) is 29.6 Å². The predicted molar refractivity (Wildman–Crippen MR) is 185 cm³/mol. The number of amides is 2. The molecule has 3 heterocycles. The standard InChI is InChI=1S/C35H40Cl3N5O4/c1-21-13-30(37)33(31(38)14-21)47-26-10-12-42(20-26)32-8-4-23(17-40-32)27-9-11-39-18-28(27)34(44)43(25-5-6-25)19-24-15-22(3-7-29(24)36)16-41-35(45)46-2/h3-4,7-8,13-15,17,25-28,39H,5-6,9-12,16,18-20H2,1-2H3,(H,41,45)/t26-,27+,28-/m0/s1. The number of nitrogens with one attached hydrogen (secondary N) is 2. The molecule has 2 saturated heterocycles.